The van der Waals surface area contributed by atoms with Gasteiger partial charge >= 0.3 is 0 Å². The molecule has 154 valence electrons. The average molecular weight is 409 g/mol. The maximum Gasteiger partial charge on any atom is 0.276 e. The van der Waals surface area contributed by atoms with Gasteiger partial charge in [0.2, 0.25) is 0 Å². The van der Waals surface area contributed by atoms with E-state index in [4.69, 9.17) is 0 Å². The highest BCUT2D eigenvalue weighted by molar-refractivity contribution is 5.98. The minimum Gasteiger partial charge on any atom is -0.368 e. The van der Waals surface area contributed by atoms with Crippen LogP contribution in [0.25, 0.3) is 16.9 Å². The van der Waals surface area contributed by atoms with Crippen molar-refractivity contribution in [2.45, 2.75) is 0 Å². The third-order valence-corrected chi connectivity index (χ3v) is 5.61. The zero-order chi connectivity index (χ0) is 21.0. The van der Waals surface area contributed by atoms with Crippen molar-refractivity contribution in [3.63, 3.8) is 0 Å². The van der Waals surface area contributed by atoms with E-state index in [1.165, 1.54) is 5.69 Å². The van der Waals surface area contributed by atoms with Crippen LogP contribution in [0.1, 0.15) is 10.5 Å². The van der Waals surface area contributed by atoms with Crippen LogP contribution >= 0.6 is 0 Å². The topological polar surface area (TPSA) is 54.3 Å². The molecule has 0 unspecified atom stereocenters. The number of carbonyl (C=O) groups is 1. The van der Waals surface area contributed by atoms with Crippen LogP contribution < -0.4 is 4.90 Å². The molecule has 2 heterocycles. The van der Waals surface area contributed by atoms with Gasteiger partial charge in [0.15, 0.2) is 5.69 Å². The molecule has 3 aromatic carbocycles. The molecular formula is C25H23N5O. The predicted octanol–water partition coefficient (Wildman–Crippen LogP) is 3.90. The van der Waals surface area contributed by atoms with Crippen molar-refractivity contribution < 1.29 is 4.79 Å². The van der Waals surface area contributed by atoms with Crippen LogP contribution in [0.15, 0.2) is 91.0 Å². The molecular weight excluding hydrogens is 386 g/mol. The van der Waals surface area contributed by atoms with Gasteiger partial charge in [-0.3, -0.25) is 4.79 Å². The second kappa shape index (κ2) is 8.44. The second-order valence-corrected chi connectivity index (χ2v) is 7.51. The summed E-state index contributed by atoms with van der Waals surface area (Å²) in [5, 5.41) is 8.68. The summed E-state index contributed by atoms with van der Waals surface area (Å²) in [6.07, 6.45) is 0. The van der Waals surface area contributed by atoms with Gasteiger partial charge in [-0.15, -0.1) is 5.10 Å². The number of hydrogen-bond donors (Lipinski definition) is 0. The Hall–Kier alpha value is -3.93. The maximum absolute atomic E-state index is 13.5. The first kappa shape index (κ1) is 19.1. The Balaban J connectivity index is 1.44. The number of aromatic nitrogens is 3. The summed E-state index contributed by atoms with van der Waals surface area (Å²) in [5.41, 5.74) is 4.10. The van der Waals surface area contributed by atoms with Crippen LogP contribution in [0.2, 0.25) is 0 Å². The number of carbonyl (C=O) groups excluding carboxylic acids is 1. The van der Waals surface area contributed by atoms with E-state index in [1.54, 1.807) is 4.68 Å². The molecule has 1 aliphatic rings. The summed E-state index contributed by atoms with van der Waals surface area (Å²) in [4.78, 5) is 17.7. The Bertz CT molecular complexity index is 1150. The number of benzene rings is 3. The summed E-state index contributed by atoms with van der Waals surface area (Å²) in [5.74, 6) is -0.0752. The fraction of sp³-hybridized carbons (Fsp3) is 0.160. The first-order chi connectivity index (χ1) is 15.3. The minimum absolute atomic E-state index is 0.0752. The summed E-state index contributed by atoms with van der Waals surface area (Å²) in [6.45, 7) is 2.90. The standard InChI is InChI=1S/C25H23N5O/c31-25(29-18-16-28(17-19-29)21-12-6-2-7-13-21)23-24(20-10-4-1-5-11-20)30(27-26-23)22-14-8-3-9-15-22/h1-15H,16-19H2. The number of hydrogen-bond acceptors (Lipinski definition) is 4. The number of rotatable bonds is 4. The molecule has 6 heteroatoms. The molecule has 4 aromatic rings. The number of amides is 1. The van der Waals surface area contributed by atoms with Gasteiger partial charge in [-0.05, 0) is 24.3 Å². The molecule has 1 aliphatic heterocycles. The first-order valence-electron chi connectivity index (χ1n) is 10.5. The fourth-order valence-electron chi connectivity index (χ4n) is 3.99. The first-order valence-corrected chi connectivity index (χ1v) is 10.5. The van der Waals surface area contributed by atoms with Crippen molar-refractivity contribution in [1.82, 2.24) is 19.9 Å². The largest absolute Gasteiger partial charge is 0.368 e. The molecule has 0 atom stereocenters. The van der Waals surface area contributed by atoms with Crippen molar-refractivity contribution in [1.29, 1.82) is 0 Å². The van der Waals surface area contributed by atoms with E-state index in [1.807, 2.05) is 83.8 Å². The van der Waals surface area contributed by atoms with E-state index < -0.39 is 0 Å². The Labute approximate surface area is 181 Å². The highest BCUT2D eigenvalue weighted by atomic mass is 16.2. The molecule has 1 saturated heterocycles. The normalized spacial score (nSPS) is 13.9. The van der Waals surface area contributed by atoms with Gasteiger partial charge in [0.25, 0.3) is 5.91 Å². The Morgan fingerprint density at radius 1 is 0.677 bits per heavy atom. The van der Waals surface area contributed by atoms with E-state index in [2.05, 4.69) is 27.3 Å². The molecule has 5 rings (SSSR count). The van der Waals surface area contributed by atoms with E-state index in [-0.39, 0.29) is 5.91 Å². The highest BCUT2D eigenvalue weighted by Gasteiger charge is 2.28. The summed E-state index contributed by atoms with van der Waals surface area (Å²) in [6, 6.07) is 30.0. The van der Waals surface area contributed by atoms with E-state index >= 15 is 0 Å². The smallest absolute Gasteiger partial charge is 0.276 e. The molecule has 0 spiro atoms. The van der Waals surface area contributed by atoms with Crippen molar-refractivity contribution >= 4 is 11.6 Å². The lowest BCUT2D eigenvalue weighted by Gasteiger charge is -2.35. The van der Waals surface area contributed by atoms with Crippen LogP contribution in [0.5, 0.6) is 0 Å². The fourth-order valence-corrected chi connectivity index (χ4v) is 3.99. The van der Waals surface area contributed by atoms with Gasteiger partial charge < -0.3 is 9.80 Å². The van der Waals surface area contributed by atoms with E-state index in [9.17, 15) is 4.79 Å². The molecule has 6 nitrogen and oxygen atoms in total. The van der Waals surface area contributed by atoms with Gasteiger partial charge in [-0.25, -0.2) is 4.68 Å². The van der Waals surface area contributed by atoms with Gasteiger partial charge in [0, 0.05) is 37.4 Å². The monoisotopic (exact) mass is 409 g/mol. The Morgan fingerprint density at radius 3 is 1.84 bits per heavy atom. The molecule has 0 saturated carbocycles. The number of para-hydroxylation sites is 2. The van der Waals surface area contributed by atoms with Gasteiger partial charge in [-0.2, -0.15) is 0 Å². The van der Waals surface area contributed by atoms with Crippen LogP contribution in [0, 0.1) is 0 Å². The van der Waals surface area contributed by atoms with Crippen molar-refractivity contribution in [3.05, 3.63) is 96.7 Å². The van der Waals surface area contributed by atoms with Crippen molar-refractivity contribution in [3.8, 4) is 16.9 Å². The summed E-state index contributed by atoms with van der Waals surface area (Å²) in [7, 11) is 0. The number of piperazine rings is 1. The lowest BCUT2D eigenvalue weighted by atomic mass is 10.1. The Morgan fingerprint density at radius 2 is 1.23 bits per heavy atom. The van der Waals surface area contributed by atoms with Gasteiger partial charge in [0.05, 0.1) is 5.69 Å². The van der Waals surface area contributed by atoms with Crippen LogP contribution in [-0.4, -0.2) is 52.0 Å². The van der Waals surface area contributed by atoms with Crippen LogP contribution in [0.3, 0.4) is 0 Å². The molecule has 0 radical (unpaired) electrons. The minimum atomic E-state index is -0.0752. The van der Waals surface area contributed by atoms with Crippen molar-refractivity contribution in [2.75, 3.05) is 31.1 Å². The molecule has 1 fully saturated rings. The maximum atomic E-state index is 13.5. The quantitative estimate of drug-likeness (QED) is 0.513. The summed E-state index contributed by atoms with van der Waals surface area (Å²) < 4.78 is 1.75. The van der Waals surface area contributed by atoms with Crippen LogP contribution in [-0.2, 0) is 0 Å². The number of anilines is 1. The van der Waals surface area contributed by atoms with Crippen molar-refractivity contribution in [2.24, 2.45) is 0 Å². The third kappa shape index (κ3) is 3.80. The third-order valence-electron chi connectivity index (χ3n) is 5.61. The molecule has 31 heavy (non-hydrogen) atoms. The molecule has 0 N–H and O–H groups in total. The van der Waals surface area contributed by atoms with E-state index in [0.29, 0.717) is 18.8 Å². The second-order valence-electron chi connectivity index (χ2n) is 7.51. The lowest BCUT2D eigenvalue weighted by Crippen LogP contribution is -2.49. The van der Waals surface area contributed by atoms with Gasteiger partial charge in [-0.1, -0.05) is 71.9 Å². The zero-order valence-corrected chi connectivity index (χ0v) is 17.1. The average Bonchev–Trinajstić information content (AvgIpc) is 3.30. The lowest BCUT2D eigenvalue weighted by molar-refractivity contribution is 0.0741. The molecule has 1 amide bonds. The van der Waals surface area contributed by atoms with Crippen LogP contribution in [0.4, 0.5) is 5.69 Å². The van der Waals surface area contributed by atoms with Gasteiger partial charge in [0.1, 0.15) is 5.69 Å². The number of nitrogens with zero attached hydrogens (tertiary/aromatic N) is 5. The SMILES string of the molecule is O=C(c1nnn(-c2ccccc2)c1-c1ccccc1)N1CCN(c2ccccc2)CC1. The highest BCUT2D eigenvalue weighted by Crippen LogP contribution is 2.26. The molecule has 0 bridgehead atoms. The molecule has 1 aromatic heterocycles. The zero-order valence-electron chi connectivity index (χ0n) is 17.1. The predicted molar refractivity (Wildman–Crippen MR) is 121 cm³/mol. The Kier molecular flexibility index (Phi) is 5.19. The van der Waals surface area contributed by atoms with E-state index in [0.717, 1.165) is 30.0 Å². The molecule has 0 aliphatic carbocycles. The summed E-state index contributed by atoms with van der Waals surface area (Å²) >= 11 is 0.